The van der Waals surface area contributed by atoms with Gasteiger partial charge in [0.2, 0.25) is 0 Å². The minimum atomic E-state index is -0.980. The van der Waals surface area contributed by atoms with E-state index in [1.54, 1.807) is 4.68 Å². The Balaban J connectivity index is 2.56. The number of carboxylic acid groups (broad SMARTS) is 1. The second-order valence-electron chi connectivity index (χ2n) is 5.93. The van der Waals surface area contributed by atoms with E-state index in [9.17, 15) is 9.90 Å². The molecule has 0 spiro atoms. The summed E-state index contributed by atoms with van der Waals surface area (Å²) in [6.07, 6.45) is 2.36. The van der Waals surface area contributed by atoms with Gasteiger partial charge in [-0.05, 0) is 26.2 Å². The van der Waals surface area contributed by atoms with Gasteiger partial charge in [0.15, 0.2) is 5.65 Å². The van der Waals surface area contributed by atoms with Crippen LogP contribution in [0.4, 0.5) is 5.69 Å². The predicted octanol–water partition coefficient (Wildman–Crippen LogP) is 2.82. The molecule has 1 atom stereocenters. The third kappa shape index (κ3) is 2.99. The molecule has 0 bridgehead atoms. The first kappa shape index (κ1) is 15.3. The van der Waals surface area contributed by atoms with Gasteiger partial charge in [-0.2, -0.15) is 5.10 Å². The van der Waals surface area contributed by atoms with Crippen LogP contribution in [0.15, 0.2) is 6.20 Å². The number of fused-ring (bicyclic) bond motifs is 1. The third-order valence-corrected chi connectivity index (χ3v) is 3.47. The Labute approximate surface area is 124 Å². The smallest absolute Gasteiger partial charge is 0.339 e. The number of nitrogens with one attached hydrogen (secondary N) is 1. The maximum Gasteiger partial charge on any atom is 0.339 e. The monoisotopic (exact) mass is 290 g/mol. The molecule has 0 saturated carbocycles. The largest absolute Gasteiger partial charge is 0.478 e. The van der Waals surface area contributed by atoms with Crippen molar-refractivity contribution in [3.05, 3.63) is 17.5 Å². The number of aromatic carboxylic acids is 1. The predicted molar refractivity (Wildman–Crippen MR) is 82.7 cm³/mol. The molecular formula is C15H22N4O2. The number of hydrogen-bond acceptors (Lipinski definition) is 4. The quantitative estimate of drug-likeness (QED) is 0.885. The Bertz CT molecular complexity index is 676. The van der Waals surface area contributed by atoms with E-state index in [0.29, 0.717) is 17.3 Å². The van der Waals surface area contributed by atoms with Crippen LogP contribution in [0, 0.1) is 12.8 Å². The number of carboxylic acids is 1. The summed E-state index contributed by atoms with van der Waals surface area (Å²) in [4.78, 5) is 15.7. The van der Waals surface area contributed by atoms with Crippen LogP contribution in [-0.4, -0.2) is 31.9 Å². The zero-order valence-corrected chi connectivity index (χ0v) is 13.1. The summed E-state index contributed by atoms with van der Waals surface area (Å²) in [5.41, 5.74) is 2.28. The second kappa shape index (κ2) is 5.71. The van der Waals surface area contributed by atoms with Gasteiger partial charge in [-0.15, -0.1) is 0 Å². The maximum absolute atomic E-state index is 11.5. The average molecular weight is 290 g/mol. The SMILES string of the molecule is Cc1nn(C)c2ncc(C(=O)O)c(NC(C)CC(C)C)c12. The maximum atomic E-state index is 11.5. The molecule has 0 saturated heterocycles. The summed E-state index contributed by atoms with van der Waals surface area (Å²) in [6, 6.07) is 0.174. The first-order chi connectivity index (χ1) is 9.81. The summed E-state index contributed by atoms with van der Waals surface area (Å²) in [5, 5.41) is 17.9. The minimum absolute atomic E-state index is 0.174. The van der Waals surface area contributed by atoms with E-state index in [1.165, 1.54) is 6.20 Å². The second-order valence-corrected chi connectivity index (χ2v) is 5.93. The van der Waals surface area contributed by atoms with Gasteiger partial charge in [-0.3, -0.25) is 4.68 Å². The Kier molecular flexibility index (Phi) is 4.16. The molecule has 1 unspecified atom stereocenters. The summed E-state index contributed by atoms with van der Waals surface area (Å²) in [7, 11) is 1.81. The van der Waals surface area contributed by atoms with Crippen molar-refractivity contribution in [2.24, 2.45) is 13.0 Å². The van der Waals surface area contributed by atoms with Crippen LogP contribution in [0.1, 0.15) is 43.2 Å². The Morgan fingerprint density at radius 2 is 2.10 bits per heavy atom. The van der Waals surface area contributed by atoms with Crippen LogP contribution in [0.2, 0.25) is 0 Å². The molecule has 0 aliphatic carbocycles. The van der Waals surface area contributed by atoms with Gasteiger partial charge >= 0.3 is 5.97 Å². The van der Waals surface area contributed by atoms with Crippen molar-refractivity contribution in [2.75, 3.05) is 5.32 Å². The first-order valence-corrected chi connectivity index (χ1v) is 7.13. The fourth-order valence-corrected chi connectivity index (χ4v) is 2.74. The lowest BCUT2D eigenvalue weighted by Crippen LogP contribution is -2.20. The lowest BCUT2D eigenvalue weighted by atomic mass is 10.0. The van der Waals surface area contributed by atoms with E-state index >= 15 is 0 Å². The van der Waals surface area contributed by atoms with Gasteiger partial charge in [0.1, 0.15) is 5.56 Å². The molecule has 2 aromatic heterocycles. The van der Waals surface area contributed by atoms with Gasteiger partial charge in [-0.25, -0.2) is 9.78 Å². The molecule has 2 N–H and O–H groups in total. The van der Waals surface area contributed by atoms with Gasteiger partial charge in [-0.1, -0.05) is 13.8 Å². The fraction of sp³-hybridized carbons (Fsp3) is 0.533. The van der Waals surface area contributed by atoms with Crippen molar-refractivity contribution in [2.45, 2.75) is 40.2 Å². The lowest BCUT2D eigenvalue weighted by Gasteiger charge is -2.19. The molecule has 2 aromatic rings. The van der Waals surface area contributed by atoms with Crippen molar-refractivity contribution < 1.29 is 9.90 Å². The molecule has 0 radical (unpaired) electrons. The van der Waals surface area contributed by atoms with Crippen LogP contribution >= 0.6 is 0 Å². The first-order valence-electron chi connectivity index (χ1n) is 7.13. The van der Waals surface area contributed by atoms with Gasteiger partial charge < -0.3 is 10.4 Å². The van der Waals surface area contributed by atoms with Crippen molar-refractivity contribution >= 4 is 22.7 Å². The van der Waals surface area contributed by atoms with Crippen molar-refractivity contribution in [1.82, 2.24) is 14.8 Å². The molecule has 2 heterocycles. The molecule has 114 valence electrons. The van der Waals surface area contributed by atoms with E-state index in [-0.39, 0.29) is 11.6 Å². The molecule has 0 aliphatic heterocycles. The molecular weight excluding hydrogens is 268 g/mol. The summed E-state index contributed by atoms with van der Waals surface area (Å²) < 4.78 is 1.68. The van der Waals surface area contributed by atoms with Gasteiger partial charge in [0.25, 0.3) is 0 Å². The molecule has 6 nitrogen and oxygen atoms in total. The number of carbonyl (C=O) groups is 1. The average Bonchev–Trinajstić information content (AvgIpc) is 2.64. The number of pyridine rings is 1. The zero-order valence-electron chi connectivity index (χ0n) is 13.1. The van der Waals surface area contributed by atoms with E-state index in [4.69, 9.17) is 0 Å². The highest BCUT2D eigenvalue weighted by molar-refractivity contribution is 6.04. The molecule has 0 aliphatic rings. The van der Waals surface area contributed by atoms with Crippen molar-refractivity contribution in [1.29, 1.82) is 0 Å². The van der Waals surface area contributed by atoms with Crippen LogP contribution in [-0.2, 0) is 7.05 Å². The molecule has 21 heavy (non-hydrogen) atoms. The van der Waals surface area contributed by atoms with Crippen molar-refractivity contribution in [3.63, 3.8) is 0 Å². The summed E-state index contributed by atoms with van der Waals surface area (Å²) in [6.45, 7) is 8.22. The summed E-state index contributed by atoms with van der Waals surface area (Å²) >= 11 is 0. The number of aromatic nitrogens is 3. The fourth-order valence-electron chi connectivity index (χ4n) is 2.74. The highest BCUT2D eigenvalue weighted by Gasteiger charge is 2.20. The third-order valence-electron chi connectivity index (χ3n) is 3.47. The topological polar surface area (TPSA) is 80.0 Å². The number of anilines is 1. The van der Waals surface area contributed by atoms with Crippen LogP contribution in [0.25, 0.3) is 11.0 Å². The normalized spacial score (nSPS) is 12.9. The van der Waals surface area contributed by atoms with E-state index in [1.807, 2.05) is 14.0 Å². The molecule has 0 amide bonds. The number of hydrogen-bond donors (Lipinski definition) is 2. The highest BCUT2D eigenvalue weighted by atomic mass is 16.4. The number of aryl methyl sites for hydroxylation is 2. The van der Waals surface area contributed by atoms with Crippen LogP contribution < -0.4 is 5.32 Å². The van der Waals surface area contributed by atoms with Crippen LogP contribution in [0.5, 0.6) is 0 Å². The van der Waals surface area contributed by atoms with Crippen LogP contribution in [0.3, 0.4) is 0 Å². The lowest BCUT2D eigenvalue weighted by molar-refractivity contribution is 0.0697. The Morgan fingerprint density at radius 3 is 2.67 bits per heavy atom. The molecule has 0 fully saturated rings. The molecule has 0 aromatic carbocycles. The van der Waals surface area contributed by atoms with E-state index in [0.717, 1.165) is 17.5 Å². The summed E-state index contributed by atoms with van der Waals surface area (Å²) in [5.74, 6) is -0.444. The molecule has 2 rings (SSSR count). The Morgan fingerprint density at radius 1 is 1.43 bits per heavy atom. The van der Waals surface area contributed by atoms with Gasteiger partial charge in [0.05, 0.1) is 16.8 Å². The molecule has 6 heteroatoms. The van der Waals surface area contributed by atoms with Gasteiger partial charge in [0, 0.05) is 19.3 Å². The van der Waals surface area contributed by atoms with Crippen molar-refractivity contribution in [3.8, 4) is 0 Å². The van der Waals surface area contributed by atoms with E-state index in [2.05, 4.69) is 36.2 Å². The highest BCUT2D eigenvalue weighted by Crippen LogP contribution is 2.29. The number of rotatable bonds is 5. The number of nitrogens with zero attached hydrogens (tertiary/aromatic N) is 3. The zero-order chi connectivity index (χ0) is 15.7. The minimum Gasteiger partial charge on any atom is -0.478 e. The van der Waals surface area contributed by atoms with E-state index < -0.39 is 5.97 Å². The Hall–Kier alpha value is -2.11. The standard InChI is InChI=1S/C15H22N4O2/c1-8(2)6-9(3)17-13-11(15(20)21)7-16-14-12(13)10(4)18-19(14)5/h7-9H,6H2,1-5H3,(H,16,17)(H,20,21).